The number of nitrogens with zero attached hydrogens (tertiary/aromatic N) is 2. The molecule has 1 aliphatic carbocycles. The van der Waals surface area contributed by atoms with Crippen LogP contribution in [-0.2, 0) is 0 Å². The number of nitrogens with two attached hydrogens (primary N) is 1. The molecule has 1 heterocycles. The molecule has 1 aromatic rings. The minimum Gasteiger partial charge on any atom is -0.371 e. The highest BCUT2D eigenvalue weighted by Crippen LogP contribution is 2.50. The minimum absolute atomic E-state index is 0.526. The summed E-state index contributed by atoms with van der Waals surface area (Å²) in [6.45, 7) is 4.28. The Kier molecular flexibility index (Phi) is 2.94. The maximum atomic E-state index is 5.75. The lowest BCUT2D eigenvalue weighted by molar-refractivity contribution is 0.462. The average molecular weight is 245 g/mol. The molecule has 98 valence electrons. The fraction of sp³-hybridized carbons (Fsp3) is 0.600. The van der Waals surface area contributed by atoms with Gasteiger partial charge in [0, 0.05) is 26.7 Å². The predicted octanol–water partition coefficient (Wildman–Crippen LogP) is 2.07. The normalized spacial score (nSPS) is 20.8. The second-order valence-electron chi connectivity index (χ2n) is 5.87. The molecule has 0 amide bonds. The van der Waals surface area contributed by atoms with Crippen molar-refractivity contribution in [3.05, 3.63) is 24.3 Å². The first-order valence-corrected chi connectivity index (χ1v) is 6.99. The lowest BCUT2D eigenvalue weighted by Gasteiger charge is -2.39. The lowest BCUT2D eigenvalue weighted by Crippen LogP contribution is -2.42. The third-order valence-corrected chi connectivity index (χ3v) is 4.50. The van der Waals surface area contributed by atoms with Gasteiger partial charge in [0.1, 0.15) is 0 Å². The molecule has 3 nitrogen and oxygen atoms in total. The van der Waals surface area contributed by atoms with E-state index in [1.807, 2.05) is 0 Å². The van der Waals surface area contributed by atoms with Crippen molar-refractivity contribution < 1.29 is 0 Å². The van der Waals surface area contributed by atoms with E-state index in [1.54, 1.807) is 0 Å². The van der Waals surface area contributed by atoms with Crippen molar-refractivity contribution in [3.8, 4) is 0 Å². The first kappa shape index (κ1) is 11.8. The van der Waals surface area contributed by atoms with Gasteiger partial charge in [-0.15, -0.1) is 0 Å². The SMILES string of the molecule is CN1CCN(CC2(CCN)CC2)c2ccccc21. The molecule has 0 spiro atoms. The van der Waals surface area contributed by atoms with E-state index in [1.165, 1.54) is 37.2 Å². The number of rotatable bonds is 4. The van der Waals surface area contributed by atoms with E-state index in [9.17, 15) is 0 Å². The topological polar surface area (TPSA) is 32.5 Å². The summed E-state index contributed by atoms with van der Waals surface area (Å²) in [5, 5.41) is 0. The van der Waals surface area contributed by atoms with Crippen LogP contribution in [-0.4, -0.2) is 33.2 Å². The van der Waals surface area contributed by atoms with Gasteiger partial charge in [0.2, 0.25) is 0 Å². The number of likely N-dealkylation sites (N-methyl/N-ethyl adjacent to an activating group) is 1. The highest BCUT2D eigenvalue weighted by molar-refractivity contribution is 5.73. The molecule has 0 radical (unpaired) electrons. The molecule has 2 aliphatic rings. The first-order chi connectivity index (χ1) is 8.74. The van der Waals surface area contributed by atoms with Gasteiger partial charge in [0.15, 0.2) is 0 Å². The molecule has 3 rings (SSSR count). The number of benzene rings is 1. The van der Waals surface area contributed by atoms with Gasteiger partial charge in [-0.1, -0.05) is 12.1 Å². The Morgan fingerprint density at radius 3 is 2.56 bits per heavy atom. The van der Waals surface area contributed by atoms with Crippen molar-refractivity contribution in [2.75, 3.05) is 43.0 Å². The smallest absolute Gasteiger partial charge is 0.0604 e. The third-order valence-electron chi connectivity index (χ3n) is 4.50. The first-order valence-electron chi connectivity index (χ1n) is 6.99. The molecule has 1 aromatic carbocycles. The zero-order valence-corrected chi connectivity index (χ0v) is 11.2. The van der Waals surface area contributed by atoms with E-state index in [4.69, 9.17) is 5.73 Å². The van der Waals surface area contributed by atoms with Gasteiger partial charge in [-0.3, -0.25) is 0 Å². The maximum Gasteiger partial charge on any atom is 0.0604 e. The van der Waals surface area contributed by atoms with Crippen LogP contribution in [0.25, 0.3) is 0 Å². The predicted molar refractivity (Wildman–Crippen MR) is 77.3 cm³/mol. The monoisotopic (exact) mass is 245 g/mol. The average Bonchev–Trinajstić information content (AvgIpc) is 3.14. The maximum absolute atomic E-state index is 5.75. The number of hydrogen-bond acceptors (Lipinski definition) is 3. The molecule has 18 heavy (non-hydrogen) atoms. The number of fused-ring (bicyclic) bond motifs is 1. The van der Waals surface area contributed by atoms with Gasteiger partial charge in [0.25, 0.3) is 0 Å². The fourth-order valence-corrected chi connectivity index (χ4v) is 3.11. The van der Waals surface area contributed by atoms with Crippen LogP contribution in [0.1, 0.15) is 19.3 Å². The number of hydrogen-bond donors (Lipinski definition) is 1. The van der Waals surface area contributed by atoms with E-state index in [-0.39, 0.29) is 0 Å². The highest BCUT2D eigenvalue weighted by atomic mass is 15.3. The van der Waals surface area contributed by atoms with Crippen LogP contribution in [0.3, 0.4) is 0 Å². The Balaban J connectivity index is 1.80. The summed E-state index contributed by atoms with van der Waals surface area (Å²) >= 11 is 0. The van der Waals surface area contributed by atoms with E-state index >= 15 is 0 Å². The summed E-state index contributed by atoms with van der Waals surface area (Å²) in [6.07, 6.45) is 3.90. The highest BCUT2D eigenvalue weighted by Gasteiger charge is 2.43. The molecule has 3 heteroatoms. The Labute approximate surface area is 110 Å². The summed E-state index contributed by atoms with van der Waals surface area (Å²) in [7, 11) is 2.18. The van der Waals surface area contributed by atoms with Crippen molar-refractivity contribution in [1.29, 1.82) is 0 Å². The summed E-state index contributed by atoms with van der Waals surface area (Å²) in [4.78, 5) is 4.92. The van der Waals surface area contributed by atoms with Gasteiger partial charge in [-0.05, 0) is 43.4 Å². The third kappa shape index (κ3) is 2.07. The number of para-hydroxylation sites is 2. The van der Waals surface area contributed by atoms with Crippen molar-refractivity contribution in [2.24, 2.45) is 11.1 Å². The van der Waals surface area contributed by atoms with E-state index in [0.29, 0.717) is 5.41 Å². The van der Waals surface area contributed by atoms with Gasteiger partial charge in [0.05, 0.1) is 11.4 Å². The molecule has 0 atom stereocenters. The zero-order valence-electron chi connectivity index (χ0n) is 11.2. The minimum atomic E-state index is 0.526. The van der Waals surface area contributed by atoms with Crippen LogP contribution in [0.15, 0.2) is 24.3 Å². The van der Waals surface area contributed by atoms with Crippen LogP contribution in [0.2, 0.25) is 0 Å². The molecule has 2 N–H and O–H groups in total. The molecule has 1 aliphatic heterocycles. The Morgan fingerprint density at radius 1 is 1.17 bits per heavy atom. The van der Waals surface area contributed by atoms with Crippen molar-refractivity contribution in [1.82, 2.24) is 0 Å². The summed E-state index contributed by atoms with van der Waals surface area (Å²) in [6, 6.07) is 8.76. The standard InChI is InChI=1S/C15H23N3/c1-17-10-11-18(12-15(6-7-15)8-9-16)14-5-3-2-4-13(14)17/h2-5H,6-12,16H2,1H3. The van der Waals surface area contributed by atoms with Crippen LogP contribution in [0.4, 0.5) is 11.4 Å². The summed E-state index contributed by atoms with van der Waals surface area (Å²) in [5.74, 6) is 0. The molecule has 1 saturated carbocycles. The molecule has 0 aromatic heterocycles. The quantitative estimate of drug-likeness (QED) is 0.881. The molecular formula is C15H23N3. The molecule has 0 bridgehead atoms. The summed E-state index contributed by atoms with van der Waals surface area (Å²) in [5.41, 5.74) is 9.04. The molecular weight excluding hydrogens is 222 g/mol. The van der Waals surface area contributed by atoms with Crippen LogP contribution in [0.5, 0.6) is 0 Å². The fourth-order valence-electron chi connectivity index (χ4n) is 3.11. The van der Waals surface area contributed by atoms with Gasteiger partial charge in [-0.25, -0.2) is 0 Å². The Hall–Kier alpha value is -1.22. The van der Waals surface area contributed by atoms with Crippen LogP contribution in [0, 0.1) is 5.41 Å². The van der Waals surface area contributed by atoms with Crippen molar-refractivity contribution in [2.45, 2.75) is 19.3 Å². The second-order valence-corrected chi connectivity index (χ2v) is 5.87. The summed E-state index contributed by atoms with van der Waals surface area (Å²) < 4.78 is 0. The zero-order chi connectivity index (χ0) is 12.6. The molecule has 1 fully saturated rings. The van der Waals surface area contributed by atoms with E-state index in [2.05, 4.69) is 41.1 Å². The van der Waals surface area contributed by atoms with Crippen LogP contribution < -0.4 is 15.5 Å². The van der Waals surface area contributed by atoms with E-state index in [0.717, 1.165) is 19.6 Å². The second kappa shape index (κ2) is 4.47. The molecule has 0 saturated heterocycles. The lowest BCUT2D eigenvalue weighted by atomic mass is 10.0. The molecule has 0 unspecified atom stereocenters. The van der Waals surface area contributed by atoms with E-state index < -0.39 is 0 Å². The van der Waals surface area contributed by atoms with Gasteiger partial charge >= 0.3 is 0 Å². The van der Waals surface area contributed by atoms with Crippen molar-refractivity contribution >= 4 is 11.4 Å². The largest absolute Gasteiger partial charge is 0.371 e. The van der Waals surface area contributed by atoms with Gasteiger partial charge < -0.3 is 15.5 Å². The van der Waals surface area contributed by atoms with Crippen molar-refractivity contribution in [3.63, 3.8) is 0 Å². The van der Waals surface area contributed by atoms with Gasteiger partial charge in [-0.2, -0.15) is 0 Å². The number of anilines is 2. The van der Waals surface area contributed by atoms with Crippen LogP contribution >= 0.6 is 0 Å². The Bertz CT molecular complexity index is 426. The Morgan fingerprint density at radius 2 is 1.89 bits per heavy atom.